The Morgan fingerprint density at radius 1 is 1.15 bits per heavy atom. The molecule has 2 aromatic carbocycles. The highest BCUT2D eigenvalue weighted by atomic mass is 35.5. The molecule has 4 saturated heterocycles. The number of fused-ring (bicyclic) bond motifs is 5. The number of hydrogen-bond acceptors (Lipinski definition) is 8. The molecule has 2 N–H and O–H groups in total. The van der Waals surface area contributed by atoms with Crippen molar-refractivity contribution in [2.24, 2.45) is 0 Å². The number of hydrogen-bond donors (Lipinski definition) is 2. The van der Waals surface area contributed by atoms with Gasteiger partial charge in [0, 0.05) is 60.7 Å². The van der Waals surface area contributed by atoms with Gasteiger partial charge >= 0.3 is 0 Å². The molecule has 2 unspecified atom stereocenters. The first-order chi connectivity index (χ1) is 22.3. The number of nitriles is 1. The van der Waals surface area contributed by atoms with E-state index in [4.69, 9.17) is 21.3 Å². The van der Waals surface area contributed by atoms with Gasteiger partial charge in [-0.15, -0.1) is 0 Å². The number of benzene rings is 2. The van der Waals surface area contributed by atoms with Gasteiger partial charge in [0.15, 0.2) is 0 Å². The van der Waals surface area contributed by atoms with Crippen LogP contribution in [0, 0.1) is 17.1 Å². The van der Waals surface area contributed by atoms with Crippen molar-refractivity contribution >= 4 is 33.7 Å². The van der Waals surface area contributed by atoms with E-state index in [9.17, 15) is 19.1 Å². The maximum atomic E-state index is 14.8. The van der Waals surface area contributed by atoms with Crippen LogP contribution in [0.1, 0.15) is 61.8 Å². The van der Waals surface area contributed by atoms with Crippen molar-refractivity contribution in [1.29, 1.82) is 5.26 Å². The minimum absolute atomic E-state index is 0.0333. The number of nitrogens with zero attached hydrogens (tertiary/aromatic N) is 5. The first-order valence-electron chi connectivity index (χ1n) is 16.6. The Labute approximate surface area is 271 Å². The Morgan fingerprint density at radius 3 is 2.72 bits per heavy atom. The lowest BCUT2D eigenvalue weighted by Gasteiger charge is -2.43. The van der Waals surface area contributed by atoms with E-state index >= 15 is 0 Å². The first-order valence-corrected chi connectivity index (χ1v) is 17.0. The summed E-state index contributed by atoms with van der Waals surface area (Å²) in [4.78, 5) is 11.9. The van der Waals surface area contributed by atoms with Crippen LogP contribution in [0.2, 0.25) is 5.02 Å². The summed E-state index contributed by atoms with van der Waals surface area (Å²) in [5, 5.41) is 26.5. The number of phenols is 1. The molecule has 1 spiro atoms. The minimum atomic E-state index is -0.875. The molecule has 6 heterocycles. The number of rotatable bonds is 5. The fourth-order valence-electron chi connectivity index (χ4n) is 9.38. The summed E-state index contributed by atoms with van der Waals surface area (Å²) in [6, 6.07) is 9.50. The summed E-state index contributed by atoms with van der Waals surface area (Å²) < 4.78 is 36.0. The molecule has 6 aliphatic rings. The van der Waals surface area contributed by atoms with Crippen molar-refractivity contribution in [3.63, 3.8) is 0 Å². The number of pyridine rings is 1. The van der Waals surface area contributed by atoms with Gasteiger partial charge in [0.1, 0.15) is 36.0 Å². The lowest BCUT2D eigenvalue weighted by atomic mass is 9.90. The second-order valence-electron chi connectivity index (χ2n) is 14.5. The van der Waals surface area contributed by atoms with Gasteiger partial charge in [0.2, 0.25) is 5.88 Å². The summed E-state index contributed by atoms with van der Waals surface area (Å²) >= 11 is 6.60. The Kier molecular flexibility index (Phi) is 6.45. The largest absolute Gasteiger partial charge is 0.508 e. The molecule has 8 nitrogen and oxygen atoms in total. The van der Waals surface area contributed by atoms with Crippen molar-refractivity contribution in [2.75, 3.05) is 42.6 Å². The number of piperazine rings is 1. The van der Waals surface area contributed by atoms with E-state index in [0.29, 0.717) is 72.5 Å². The molecular weight excluding hydrogens is 610 g/mol. The molecule has 1 aliphatic carbocycles. The van der Waals surface area contributed by atoms with Crippen LogP contribution in [0.4, 0.5) is 20.2 Å². The average Bonchev–Trinajstić information content (AvgIpc) is 3.40. The fourth-order valence-corrected chi connectivity index (χ4v) is 9.65. The van der Waals surface area contributed by atoms with Crippen LogP contribution in [0.25, 0.3) is 10.8 Å². The fraction of sp³-hybridized carbons (Fsp3) is 0.543. The van der Waals surface area contributed by atoms with Gasteiger partial charge in [-0.25, -0.2) is 13.8 Å². The van der Waals surface area contributed by atoms with Crippen LogP contribution in [0.3, 0.4) is 0 Å². The maximum Gasteiger partial charge on any atom is 0.234 e. The number of aromatic hydroxyl groups is 1. The second-order valence-corrected chi connectivity index (χ2v) is 14.9. The van der Waals surface area contributed by atoms with E-state index in [1.165, 1.54) is 6.07 Å². The van der Waals surface area contributed by atoms with Gasteiger partial charge < -0.3 is 25.0 Å². The molecule has 0 radical (unpaired) electrons. The maximum absolute atomic E-state index is 14.8. The molecule has 46 heavy (non-hydrogen) atoms. The Morgan fingerprint density at radius 2 is 1.96 bits per heavy atom. The third-order valence-electron chi connectivity index (χ3n) is 11.7. The standard InChI is InChI=1S/C35H37ClF2N6O2/c36-31-27(38)5-2-20-10-24(45)11-29(30(20)31)44-18-28-25(13-34(44)7-8-34)32(42-16-22-3-4-23(17-42)40-22)26(14-39)33(41-28)46-19-35-6-1-9-43(35)15-21(37)12-35/h2,5,10-11,21-23,40,45H,1,3-4,6-9,12-13,15-19H2/t21-,22?,23?,35+/m1/s1. The van der Waals surface area contributed by atoms with Crippen LogP contribution >= 0.6 is 11.6 Å². The topological polar surface area (TPSA) is 87.9 Å². The zero-order chi connectivity index (χ0) is 31.4. The van der Waals surface area contributed by atoms with Crippen molar-refractivity contribution < 1.29 is 18.6 Å². The molecule has 5 fully saturated rings. The number of halogens is 3. The Bertz CT molecular complexity index is 1800. The molecule has 5 aliphatic heterocycles. The molecule has 240 valence electrons. The number of aromatic nitrogens is 1. The molecule has 3 aromatic rings. The summed E-state index contributed by atoms with van der Waals surface area (Å²) in [6.07, 6.45) is 6.18. The predicted octanol–water partition coefficient (Wildman–Crippen LogP) is 5.60. The van der Waals surface area contributed by atoms with Crippen LogP contribution in [0.15, 0.2) is 24.3 Å². The zero-order valence-electron chi connectivity index (χ0n) is 25.7. The number of anilines is 2. The van der Waals surface area contributed by atoms with Gasteiger partial charge in [-0.1, -0.05) is 17.7 Å². The SMILES string of the molecule is N#Cc1c(OC[C@@]23CCCN2C[C@H](F)C3)nc2c(c1N1CC3CCC(C1)N3)CC1(CC1)N(c1cc(O)cc3ccc(F)c(Cl)c13)C2. The van der Waals surface area contributed by atoms with Gasteiger partial charge in [-0.05, 0) is 69.0 Å². The number of nitrogens with one attached hydrogen (secondary N) is 1. The summed E-state index contributed by atoms with van der Waals surface area (Å²) in [5.74, 6) is -0.111. The zero-order valence-corrected chi connectivity index (χ0v) is 26.4. The lowest BCUT2D eigenvalue weighted by molar-refractivity contribution is 0.110. The van der Waals surface area contributed by atoms with Gasteiger partial charge in [0.25, 0.3) is 0 Å². The van der Waals surface area contributed by atoms with Crippen molar-refractivity contribution in [3.05, 3.63) is 51.9 Å². The monoisotopic (exact) mass is 646 g/mol. The van der Waals surface area contributed by atoms with Gasteiger partial charge in [-0.2, -0.15) is 5.26 Å². The molecular formula is C35H37ClF2N6O2. The van der Waals surface area contributed by atoms with E-state index in [-0.39, 0.29) is 21.8 Å². The minimum Gasteiger partial charge on any atom is -0.508 e. The average molecular weight is 647 g/mol. The number of ether oxygens (including phenoxy) is 1. The van der Waals surface area contributed by atoms with Crippen molar-refractivity contribution in [3.8, 4) is 17.7 Å². The summed E-state index contributed by atoms with van der Waals surface area (Å²) in [6.45, 7) is 3.60. The van der Waals surface area contributed by atoms with Crippen LogP contribution in [-0.2, 0) is 13.0 Å². The quantitative estimate of drug-likeness (QED) is 0.371. The number of alkyl halides is 1. The smallest absolute Gasteiger partial charge is 0.234 e. The van der Waals surface area contributed by atoms with E-state index in [1.807, 2.05) is 0 Å². The summed E-state index contributed by atoms with van der Waals surface area (Å²) in [7, 11) is 0. The normalized spacial score (nSPS) is 29.3. The molecule has 0 amide bonds. The van der Waals surface area contributed by atoms with Gasteiger partial charge in [-0.3, -0.25) is 4.90 Å². The van der Waals surface area contributed by atoms with E-state index in [1.54, 1.807) is 18.2 Å². The third kappa shape index (κ3) is 4.38. The number of phenolic OH excluding ortho intramolecular Hbond substituents is 1. The molecule has 4 atom stereocenters. The first kappa shape index (κ1) is 28.8. The van der Waals surface area contributed by atoms with Crippen LogP contribution < -0.4 is 19.9 Å². The molecule has 1 saturated carbocycles. The van der Waals surface area contributed by atoms with E-state index in [2.05, 4.69) is 26.1 Å². The Balaban J connectivity index is 1.17. The molecule has 11 heteroatoms. The highest BCUT2D eigenvalue weighted by Crippen LogP contribution is 2.55. The highest BCUT2D eigenvalue weighted by molar-refractivity contribution is 6.37. The highest BCUT2D eigenvalue weighted by Gasteiger charge is 2.54. The van der Waals surface area contributed by atoms with Crippen LogP contribution in [0.5, 0.6) is 11.6 Å². The second kappa shape index (κ2) is 10.3. The molecule has 2 bridgehead atoms. The van der Waals surface area contributed by atoms with Crippen molar-refractivity contribution in [1.82, 2.24) is 15.2 Å². The predicted molar refractivity (Wildman–Crippen MR) is 172 cm³/mol. The summed E-state index contributed by atoms with van der Waals surface area (Å²) in [5.41, 5.74) is 3.32. The third-order valence-corrected chi connectivity index (χ3v) is 12.0. The molecule has 1 aromatic heterocycles. The lowest BCUT2D eigenvalue weighted by Crippen LogP contribution is -2.52. The van der Waals surface area contributed by atoms with Crippen LogP contribution in [-0.4, -0.2) is 77.1 Å². The van der Waals surface area contributed by atoms with E-state index < -0.39 is 12.0 Å². The van der Waals surface area contributed by atoms with E-state index in [0.717, 1.165) is 75.1 Å². The molecule has 9 rings (SSSR count). The van der Waals surface area contributed by atoms with Gasteiger partial charge in [0.05, 0.1) is 34.2 Å². The van der Waals surface area contributed by atoms with Crippen molar-refractivity contribution in [2.45, 2.75) is 87.2 Å². The Hall–Kier alpha value is -3.39.